The Morgan fingerprint density at radius 2 is 2.19 bits per heavy atom. The van der Waals surface area contributed by atoms with E-state index in [1.54, 1.807) is 19.1 Å². The van der Waals surface area contributed by atoms with Crippen molar-refractivity contribution < 1.29 is 14.7 Å². The maximum atomic E-state index is 11.3. The monoisotopic (exact) mass is 217 g/mol. The molecular formula is C12H11NO3. The molecule has 0 radical (unpaired) electrons. The topological polar surface area (TPSA) is 66.4 Å². The summed E-state index contributed by atoms with van der Waals surface area (Å²) < 4.78 is 0. The number of anilines is 1. The van der Waals surface area contributed by atoms with Gasteiger partial charge in [0.05, 0.1) is 11.3 Å². The number of para-hydroxylation sites is 1. The van der Waals surface area contributed by atoms with Gasteiger partial charge in [-0.3, -0.25) is 4.79 Å². The molecule has 0 aliphatic heterocycles. The van der Waals surface area contributed by atoms with E-state index in [9.17, 15) is 9.59 Å². The summed E-state index contributed by atoms with van der Waals surface area (Å²) in [6.07, 6.45) is 5.50. The van der Waals surface area contributed by atoms with Crippen LogP contribution in [0.1, 0.15) is 29.3 Å². The molecule has 1 aromatic rings. The Bertz CT molecular complexity index is 472. The molecular weight excluding hydrogens is 206 g/mol. The second kappa shape index (κ2) is 4.99. The molecule has 2 N–H and O–H groups in total. The quantitative estimate of drug-likeness (QED) is 0.757. The van der Waals surface area contributed by atoms with Crippen LogP contribution in [0, 0.1) is 12.3 Å². The van der Waals surface area contributed by atoms with Crippen LogP contribution in [0.5, 0.6) is 0 Å². The van der Waals surface area contributed by atoms with E-state index in [0.717, 1.165) is 0 Å². The molecule has 0 fully saturated rings. The largest absolute Gasteiger partial charge is 0.478 e. The third-order valence-electron chi connectivity index (χ3n) is 2.04. The third kappa shape index (κ3) is 2.39. The number of rotatable bonds is 3. The highest BCUT2D eigenvalue weighted by Gasteiger charge is 2.14. The molecule has 0 unspecified atom stereocenters. The summed E-state index contributed by atoms with van der Waals surface area (Å²) in [6, 6.07) is 4.52. The summed E-state index contributed by atoms with van der Waals surface area (Å²) in [5.74, 6) is 0.948. The molecule has 4 heteroatoms. The minimum atomic E-state index is -1.12. The molecule has 1 aromatic carbocycles. The molecule has 0 atom stereocenters. The van der Waals surface area contributed by atoms with E-state index in [2.05, 4.69) is 11.2 Å². The van der Waals surface area contributed by atoms with E-state index >= 15 is 0 Å². The number of hydrogen-bond acceptors (Lipinski definition) is 2. The number of aromatic carboxylic acids is 1. The van der Waals surface area contributed by atoms with Crippen molar-refractivity contribution in [2.45, 2.75) is 13.3 Å². The van der Waals surface area contributed by atoms with Crippen LogP contribution in [0.4, 0.5) is 5.69 Å². The van der Waals surface area contributed by atoms with Gasteiger partial charge in [0.25, 0.3) is 0 Å². The van der Waals surface area contributed by atoms with Crippen molar-refractivity contribution in [3.63, 3.8) is 0 Å². The molecule has 0 saturated heterocycles. The van der Waals surface area contributed by atoms with Gasteiger partial charge < -0.3 is 10.4 Å². The van der Waals surface area contributed by atoms with Gasteiger partial charge in [0, 0.05) is 12.0 Å². The first-order chi connectivity index (χ1) is 7.60. The summed E-state index contributed by atoms with van der Waals surface area (Å²) in [5.41, 5.74) is 0.545. The van der Waals surface area contributed by atoms with Gasteiger partial charge in [-0.1, -0.05) is 18.9 Å². The first-order valence-electron chi connectivity index (χ1n) is 4.73. The van der Waals surface area contributed by atoms with Crippen molar-refractivity contribution in [2.24, 2.45) is 0 Å². The van der Waals surface area contributed by atoms with Crippen LogP contribution in [0.2, 0.25) is 0 Å². The highest BCUT2D eigenvalue weighted by Crippen LogP contribution is 2.20. The Balaban J connectivity index is 3.26. The van der Waals surface area contributed by atoms with E-state index in [1.807, 2.05) is 0 Å². The molecule has 1 rings (SSSR count). The lowest BCUT2D eigenvalue weighted by atomic mass is 10.1. The normalized spacial score (nSPS) is 9.25. The van der Waals surface area contributed by atoms with Gasteiger partial charge in [-0.05, 0) is 12.1 Å². The van der Waals surface area contributed by atoms with Gasteiger partial charge in [-0.15, -0.1) is 6.42 Å². The van der Waals surface area contributed by atoms with E-state index in [4.69, 9.17) is 11.5 Å². The molecule has 0 aliphatic rings. The predicted octanol–water partition coefficient (Wildman–Crippen LogP) is 1.71. The number of benzene rings is 1. The number of hydrogen-bond donors (Lipinski definition) is 2. The van der Waals surface area contributed by atoms with Gasteiger partial charge in [-0.25, -0.2) is 4.79 Å². The molecule has 0 aromatic heterocycles. The molecule has 0 bridgehead atoms. The summed E-state index contributed by atoms with van der Waals surface area (Å²) in [4.78, 5) is 22.2. The zero-order valence-corrected chi connectivity index (χ0v) is 8.78. The third-order valence-corrected chi connectivity index (χ3v) is 2.04. The van der Waals surface area contributed by atoms with Crippen molar-refractivity contribution in [1.82, 2.24) is 0 Å². The van der Waals surface area contributed by atoms with Crippen LogP contribution >= 0.6 is 0 Å². The number of carbonyl (C=O) groups is 2. The fourth-order valence-corrected chi connectivity index (χ4v) is 1.21. The standard InChI is InChI=1S/C12H11NO3/c1-3-8-6-5-7-9(12(15)16)11(8)13-10(14)4-2/h1,5-7H,4H2,2H3,(H,13,14)(H,15,16). The molecule has 16 heavy (non-hydrogen) atoms. The van der Waals surface area contributed by atoms with E-state index < -0.39 is 5.97 Å². The number of carboxylic acids is 1. The summed E-state index contributed by atoms with van der Waals surface area (Å²) in [7, 11) is 0. The smallest absolute Gasteiger partial charge is 0.337 e. The van der Waals surface area contributed by atoms with Gasteiger partial charge in [0.2, 0.25) is 5.91 Å². The molecule has 82 valence electrons. The maximum absolute atomic E-state index is 11.3. The maximum Gasteiger partial charge on any atom is 0.337 e. The first kappa shape index (κ1) is 11.8. The van der Waals surface area contributed by atoms with Crippen molar-refractivity contribution in [2.75, 3.05) is 5.32 Å². The summed E-state index contributed by atoms with van der Waals surface area (Å²) >= 11 is 0. The highest BCUT2D eigenvalue weighted by atomic mass is 16.4. The van der Waals surface area contributed by atoms with Crippen LogP contribution < -0.4 is 5.32 Å². The Morgan fingerprint density at radius 3 is 2.69 bits per heavy atom. The van der Waals surface area contributed by atoms with E-state index in [1.165, 1.54) is 6.07 Å². The van der Waals surface area contributed by atoms with Gasteiger partial charge in [-0.2, -0.15) is 0 Å². The lowest BCUT2D eigenvalue weighted by Gasteiger charge is -2.09. The van der Waals surface area contributed by atoms with Crippen molar-refractivity contribution in [1.29, 1.82) is 0 Å². The zero-order valence-electron chi connectivity index (χ0n) is 8.78. The van der Waals surface area contributed by atoms with Crippen LogP contribution in [0.15, 0.2) is 18.2 Å². The zero-order chi connectivity index (χ0) is 12.1. The highest BCUT2D eigenvalue weighted by molar-refractivity contribution is 6.02. The molecule has 0 saturated carbocycles. The second-order valence-corrected chi connectivity index (χ2v) is 3.08. The minimum Gasteiger partial charge on any atom is -0.478 e. The Morgan fingerprint density at radius 1 is 1.50 bits per heavy atom. The van der Waals surface area contributed by atoms with Crippen LogP contribution in [-0.4, -0.2) is 17.0 Å². The van der Waals surface area contributed by atoms with Crippen molar-refractivity contribution in [3.8, 4) is 12.3 Å². The van der Waals surface area contributed by atoms with Gasteiger partial charge in [0.1, 0.15) is 0 Å². The Kier molecular flexibility index (Phi) is 3.67. The Labute approximate surface area is 93.3 Å². The molecule has 0 aliphatic carbocycles. The number of nitrogens with one attached hydrogen (secondary N) is 1. The SMILES string of the molecule is C#Cc1cccc(C(=O)O)c1NC(=O)CC. The Hall–Kier alpha value is -2.28. The predicted molar refractivity (Wildman–Crippen MR) is 60.3 cm³/mol. The summed E-state index contributed by atoms with van der Waals surface area (Å²) in [5, 5.41) is 11.5. The average molecular weight is 217 g/mol. The second-order valence-electron chi connectivity index (χ2n) is 3.08. The van der Waals surface area contributed by atoms with Crippen LogP contribution in [-0.2, 0) is 4.79 Å². The molecule has 4 nitrogen and oxygen atoms in total. The fraction of sp³-hybridized carbons (Fsp3) is 0.167. The first-order valence-corrected chi connectivity index (χ1v) is 4.73. The summed E-state index contributed by atoms with van der Waals surface area (Å²) in [6.45, 7) is 1.67. The van der Waals surface area contributed by atoms with Crippen LogP contribution in [0.3, 0.4) is 0 Å². The number of carbonyl (C=O) groups excluding carboxylic acids is 1. The minimum absolute atomic E-state index is 0.00255. The average Bonchev–Trinajstić information content (AvgIpc) is 2.28. The molecule has 1 amide bonds. The molecule has 0 spiro atoms. The van der Waals surface area contributed by atoms with Crippen molar-refractivity contribution >= 4 is 17.6 Å². The van der Waals surface area contributed by atoms with Gasteiger partial charge in [0.15, 0.2) is 0 Å². The number of carboxylic acid groups (broad SMARTS) is 1. The van der Waals surface area contributed by atoms with Gasteiger partial charge >= 0.3 is 5.97 Å². The van der Waals surface area contributed by atoms with E-state index in [-0.39, 0.29) is 23.6 Å². The number of amides is 1. The number of terminal acetylenes is 1. The lowest BCUT2D eigenvalue weighted by molar-refractivity contribution is -0.115. The van der Waals surface area contributed by atoms with E-state index in [0.29, 0.717) is 5.56 Å². The van der Waals surface area contributed by atoms with Crippen molar-refractivity contribution in [3.05, 3.63) is 29.3 Å². The lowest BCUT2D eigenvalue weighted by Crippen LogP contribution is -2.14. The molecule has 0 heterocycles. The fourth-order valence-electron chi connectivity index (χ4n) is 1.21. The van der Waals surface area contributed by atoms with Crippen LogP contribution in [0.25, 0.3) is 0 Å².